The second-order valence-corrected chi connectivity index (χ2v) is 5.79. The number of aliphatic hydroxyl groups is 1. The molecule has 2 unspecified atom stereocenters. The minimum atomic E-state index is -1.20. The molecule has 0 heterocycles. The largest absolute Gasteiger partial charge is 0.388 e. The van der Waals surface area contributed by atoms with Crippen LogP contribution in [0.3, 0.4) is 0 Å². The fourth-order valence-electron chi connectivity index (χ4n) is 2.24. The summed E-state index contributed by atoms with van der Waals surface area (Å²) in [4.78, 5) is 0. The molecule has 0 aromatic heterocycles. The standard InChI is InChI=1S/C15H13Cl3FNO/c16-10-4-2-5-11(17)13(10)9(7-20)15(21)8-3-1-6-12(18)14(8)19/h1-6,9,15,21H,7,20H2. The molecule has 0 radical (unpaired) electrons. The Kier molecular flexibility index (Phi) is 5.47. The second-order valence-electron chi connectivity index (χ2n) is 4.57. The summed E-state index contributed by atoms with van der Waals surface area (Å²) in [6.07, 6.45) is -1.20. The van der Waals surface area contributed by atoms with Crippen LogP contribution in [0.4, 0.5) is 4.39 Å². The zero-order chi connectivity index (χ0) is 15.6. The molecule has 0 spiro atoms. The van der Waals surface area contributed by atoms with Gasteiger partial charge in [0, 0.05) is 28.1 Å². The fourth-order valence-corrected chi connectivity index (χ4v) is 3.09. The molecule has 6 heteroatoms. The van der Waals surface area contributed by atoms with Gasteiger partial charge in [0.15, 0.2) is 0 Å². The minimum absolute atomic E-state index is 0.0522. The molecular weight excluding hydrogens is 336 g/mol. The monoisotopic (exact) mass is 347 g/mol. The zero-order valence-electron chi connectivity index (χ0n) is 10.9. The van der Waals surface area contributed by atoms with E-state index in [1.165, 1.54) is 12.1 Å². The highest BCUT2D eigenvalue weighted by Crippen LogP contribution is 2.39. The first-order valence-corrected chi connectivity index (χ1v) is 7.36. The maximum Gasteiger partial charge on any atom is 0.147 e. The van der Waals surface area contributed by atoms with Crippen LogP contribution in [0, 0.1) is 5.82 Å². The van der Waals surface area contributed by atoms with Gasteiger partial charge in [-0.05, 0) is 23.8 Å². The number of nitrogens with two attached hydrogens (primary N) is 1. The summed E-state index contributed by atoms with van der Waals surface area (Å²) < 4.78 is 14.1. The molecule has 2 nitrogen and oxygen atoms in total. The van der Waals surface area contributed by atoms with Crippen molar-refractivity contribution in [1.82, 2.24) is 0 Å². The van der Waals surface area contributed by atoms with E-state index in [1.54, 1.807) is 24.3 Å². The number of rotatable bonds is 4. The van der Waals surface area contributed by atoms with Crippen LogP contribution in [-0.2, 0) is 0 Å². The van der Waals surface area contributed by atoms with Gasteiger partial charge in [-0.25, -0.2) is 4.39 Å². The average Bonchev–Trinajstić information content (AvgIpc) is 2.45. The number of hydrogen-bond donors (Lipinski definition) is 2. The molecule has 2 atom stereocenters. The van der Waals surface area contributed by atoms with Crippen molar-refractivity contribution in [2.45, 2.75) is 12.0 Å². The van der Waals surface area contributed by atoms with Crippen LogP contribution in [0.25, 0.3) is 0 Å². The molecule has 0 amide bonds. The van der Waals surface area contributed by atoms with E-state index in [4.69, 9.17) is 40.5 Å². The van der Waals surface area contributed by atoms with Crippen LogP contribution in [-0.4, -0.2) is 11.7 Å². The van der Waals surface area contributed by atoms with Gasteiger partial charge in [-0.1, -0.05) is 53.0 Å². The van der Waals surface area contributed by atoms with Crippen LogP contribution in [0.2, 0.25) is 15.1 Å². The van der Waals surface area contributed by atoms with Crippen LogP contribution in [0.15, 0.2) is 36.4 Å². The second kappa shape index (κ2) is 6.95. The van der Waals surface area contributed by atoms with Crippen molar-refractivity contribution < 1.29 is 9.50 Å². The maximum absolute atomic E-state index is 14.1. The highest BCUT2D eigenvalue weighted by molar-refractivity contribution is 6.36. The lowest BCUT2D eigenvalue weighted by Gasteiger charge is -2.24. The highest BCUT2D eigenvalue weighted by Gasteiger charge is 2.28. The van der Waals surface area contributed by atoms with E-state index in [1.807, 2.05) is 0 Å². The first kappa shape index (κ1) is 16.5. The molecular formula is C15H13Cl3FNO. The van der Waals surface area contributed by atoms with Gasteiger partial charge in [0.25, 0.3) is 0 Å². The first-order valence-electron chi connectivity index (χ1n) is 6.23. The molecule has 0 saturated heterocycles. The lowest BCUT2D eigenvalue weighted by Crippen LogP contribution is -2.21. The Labute approximate surface area is 137 Å². The van der Waals surface area contributed by atoms with Crippen molar-refractivity contribution in [3.8, 4) is 0 Å². The van der Waals surface area contributed by atoms with Crippen molar-refractivity contribution in [2.24, 2.45) is 5.73 Å². The van der Waals surface area contributed by atoms with E-state index in [0.29, 0.717) is 15.6 Å². The highest BCUT2D eigenvalue weighted by atomic mass is 35.5. The average molecular weight is 349 g/mol. The summed E-state index contributed by atoms with van der Waals surface area (Å²) in [6.45, 7) is 0.0522. The Morgan fingerprint density at radius 3 is 2.10 bits per heavy atom. The molecule has 21 heavy (non-hydrogen) atoms. The third kappa shape index (κ3) is 3.33. The van der Waals surface area contributed by atoms with Crippen LogP contribution in [0.5, 0.6) is 0 Å². The topological polar surface area (TPSA) is 46.2 Å². The molecule has 0 bridgehead atoms. The lowest BCUT2D eigenvalue weighted by molar-refractivity contribution is 0.143. The summed E-state index contributed by atoms with van der Waals surface area (Å²) in [6, 6.07) is 9.41. The van der Waals surface area contributed by atoms with Gasteiger partial charge in [0.05, 0.1) is 11.1 Å². The van der Waals surface area contributed by atoms with Crippen molar-refractivity contribution >= 4 is 34.8 Å². The van der Waals surface area contributed by atoms with Gasteiger partial charge >= 0.3 is 0 Å². The summed E-state index contributed by atoms with van der Waals surface area (Å²) in [7, 11) is 0. The zero-order valence-corrected chi connectivity index (χ0v) is 13.1. The van der Waals surface area contributed by atoms with Gasteiger partial charge < -0.3 is 10.8 Å². The van der Waals surface area contributed by atoms with Crippen LogP contribution < -0.4 is 5.73 Å². The Hall–Kier alpha value is -0.840. The molecule has 0 aliphatic heterocycles. The van der Waals surface area contributed by atoms with Crippen LogP contribution in [0.1, 0.15) is 23.1 Å². The molecule has 112 valence electrons. The summed E-state index contributed by atoms with van der Waals surface area (Å²) in [5.41, 5.74) is 6.30. The molecule has 0 aliphatic carbocycles. The summed E-state index contributed by atoms with van der Waals surface area (Å²) in [5, 5.41) is 11.2. The number of halogens is 4. The molecule has 0 fully saturated rings. The van der Waals surface area contributed by atoms with Gasteiger partial charge in [0.1, 0.15) is 5.82 Å². The molecule has 3 N–H and O–H groups in total. The van der Waals surface area contributed by atoms with E-state index in [0.717, 1.165) is 0 Å². The van der Waals surface area contributed by atoms with Crippen molar-refractivity contribution in [3.05, 3.63) is 68.4 Å². The SMILES string of the molecule is NCC(c1c(Cl)cccc1Cl)C(O)c1cccc(Cl)c1F. The van der Waals surface area contributed by atoms with Crippen LogP contribution >= 0.6 is 34.8 Å². The Bertz CT molecular complexity index is 631. The predicted molar refractivity (Wildman–Crippen MR) is 84.6 cm³/mol. The normalized spacial score (nSPS) is 14.0. The van der Waals surface area contributed by atoms with E-state index < -0.39 is 17.8 Å². The Morgan fingerprint density at radius 1 is 1.00 bits per heavy atom. The molecule has 2 aromatic carbocycles. The lowest BCUT2D eigenvalue weighted by atomic mass is 9.89. The van der Waals surface area contributed by atoms with E-state index in [9.17, 15) is 9.50 Å². The predicted octanol–water partition coefficient (Wildman–Crippen LogP) is 4.56. The summed E-state index contributed by atoms with van der Waals surface area (Å²) >= 11 is 18.0. The first-order chi connectivity index (χ1) is 9.97. The summed E-state index contributed by atoms with van der Waals surface area (Å²) in [5.74, 6) is -1.31. The third-order valence-electron chi connectivity index (χ3n) is 3.31. The smallest absolute Gasteiger partial charge is 0.147 e. The van der Waals surface area contributed by atoms with E-state index >= 15 is 0 Å². The van der Waals surface area contributed by atoms with Gasteiger partial charge in [-0.15, -0.1) is 0 Å². The molecule has 2 aromatic rings. The van der Waals surface area contributed by atoms with Gasteiger partial charge in [-0.3, -0.25) is 0 Å². The third-order valence-corrected chi connectivity index (χ3v) is 4.26. The molecule has 2 rings (SSSR count). The molecule has 0 aliphatic rings. The maximum atomic E-state index is 14.1. The quantitative estimate of drug-likeness (QED) is 0.850. The molecule has 0 saturated carbocycles. The van der Waals surface area contributed by atoms with Gasteiger partial charge in [-0.2, -0.15) is 0 Å². The van der Waals surface area contributed by atoms with Crippen molar-refractivity contribution in [3.63, 3.8) is 0 Å². The Balaban J connectivity index is 2.48. The van der Waals surface area contributed by atoms with E-state index in [2.05, 4.69) is 0 Å². The van der Waals surface area contributed by atoms with E-state index in [-0.39, 0.29) is 17.1 Å². The van der Waals surface area contributed by atoms with Crippen molar-refractivity contribution in [2.75, 3.05) is 6.54 Å². The fraction of sp³-hybridized carbons (Fsp3) is 0.200. The number of hydrogen-bond acceptors (Lipinski definition) is 2. The van der Waals surface area contributed by atoms with Gasteiger partial charge in [0.2, 0.25) is 0 Å². The number of benzene rings is 2. The van der Waals surface area contributed by atoms with Crippen molar-refractivity contribution in [1.29, 1.82) is 0 Å². The minimum Gasteiger partial charge on any atom is -0.388 e. The Morgan fingerprint density at radius 2 is 1.52 bits per heavy atom. The number of aliphatic hydroxyl groups excluding tert-OH is 1.